The van der Waals surface area contributed by atoms with Gasteiger partial charge in [0.1, 0.15) is 6.54 Å². The van der Waals surface area contributed by atoms with Gasteiger partial charge in [-0.2, -0.15) is 5.10 Å². The molecular weight excluding hydrogens is 344 g/mol. The lowest BCUT2D eigenvalue weighted by Gasteiger charge is -2.20. The Bertz CT molecular complexity index is 890. The van der Waals surface area contributed by atoms with Gasteiger partial charge in [-0.05, 0) is 32.3 Å². The maximum absolute atomic E-state index is 12.5. The smallest absolute Gasteiger partial charge is 0.275 e. The van der Waals surface area contributed by atoms with E-state index < -0.39 is 0 Å². The zero-order valence-electron chi connectivity index (χ0n) is 15.7. The highest BCUT2D eigenvalue weighted by atomic mass is 16.2. The van der Waals surface area contributed by atoms with Gasteiger partial charge >= 0.3 is 0 Å². The average Bonchev–Trinajstić information content (AvgIpc) is 2.87. The Morgan fingerprint density at radius 1 is 1.15 bits per heavy atom. The maximum atomic E-state index is 12.5. The number of aromatic nitrogens is 2. The van der Waals surface area contributed by atoms with Crippen LogP contribution in [0.25, 0.3) is 10.8 Å². The molecule has 144 valence electrons. The number of nitrogens with one attached hydrogen (secondary N) is 1. The first-order chi connectivity index (χ1) is 13.1. The van der Waals surface area contributed by atoms with Crippen LogP contribution in [0.2, 0.25) is 0 Å². The number of hydrogen-bond acceptors (Lipinski definition) is 4. The van der Waals surface area contributed by atoms with Gasteiger partial charge in [-0.3, -0.25) is 14.4 Å². The van der Waals surface area contributed by atoms with Crippen LogP contribution in [0.1, 0.15) is 37.8 Å². The summed E-state index contributed by atoms with van der Waals surface area (Å²) in [6.45, 7) is 3.67. The number of rotatable bonds is 6. The van der Waals surface area contributed by atoms with Gasteiger partial charge in [0, 0.05) is 31.4 Å². The van der Waals surface area contributed by atoms with Crippen molar-refractivity contribution in [1.82, 2.24) is 20.0 Å². The molecule has 3 rings (SSSR count). The molecule has 2 aromatic rings. The van der Waals surface area contributed by atoms with Crippen molar-refractivity contribution in [3.63, 3.8) is 0 Å². The molecule has 0 saturated carbocycles. The highest BCUT2D eigenvalue weighted by Gasteiger charge is 2.16. The van der Waals surface area contributed by atoms with Gasteiger partial charge in [-0.25, -0.2) is 4.68 Å². The molecule has 1 aromatic carbocycles. The summed E-state index contributed by atoms with van der Waals surface area (Å²) in [5.41, 5.74) is 0.458. The molecule has 1 aliphatic rings. The Hall–Kier alpha value is -2.70. The summed E-state index contributed by atoms with van der Waals surface area (Å²) in [6, 6.07) is 7.27. The van der Waals surface area contributed by atoms with Gasteiger partial charge in [-0.1, -0.05) is 24.6 Å². The van der Waals surface area contributed by atoms with Crippen LogP contribution in [0.15, 0.2) is 29.1 Å². The molecule has 0 atom stereocenters. The van der Waals surface area contributed by atoms with E-state index in [4.69, 9.17) is 0 Å². The highest BCUT2D eigenvalue weighted by Crippen LogP contribution is 2.12. The van der Waals surface area contributed by atoms with Crippen LogP contribution in [0, 0.1) is 6.92 Å². The van der Waals surface area contributed by atoms with E-state index in [1.807, 2.05) is 24.0 Å². The summed E-state index contributed by atoms with van der Waals surface area (Å²) < 4.78 is 1.21. The van der Waals surface area contributed by atoms with Crippen LogP contribution in [-0.2, 0) is 16.1 Å². The average molecular weight is 370 g/mol. The molecular formula is C20H26N4O3. The molecule has 0 radical (unpaired) electrons. The summed E-state index contributed by atoms with van der Waals surface area (Å²) in [5.74, 6) is -0.0392. The quantitative estimate of drug-likeness (QED) is 0.783. The second kappa shape index (κ2) is 8.79. The topological polar surface area (TPSA) is 84.3 Å². The summed E-state index contributed by atoms with van der Waals surface area (Å²) in [7, 11) is 0. The molecule has 1 fully saturated rings. The molecule has 7 nitrogen and oxygen atoms in total. The highest BCUT2D eigenvalue weighted by molar-refractivity contribution is 5.83. The van der Waals surface area contributed by atoms with Crippen LogP contribution in [0.3, 0.4) is 0 Å². The van der Waals surface area contributed by atoms with Crippen molar-refractivity contribution in [2.45, 2.75) is 45.6 Å². The van der Waals surface area contributed by atoms with Crippen molar-refractivity contribution < 1.29 is 9.59 Å². The van der Waals surface area contributed by atoms with Gasteiger partial charge in [0.25, 0.3) is 5.56 Å². The standard InChI is InChI=1S/C20H26N4O3/c1-15-16-8-4-5-9-17(16)20(27)24(22-15)14-18(25)21-11-7-13-23-12-6-2-3-10-19(23)26/h4-5,8-9H,2-3,6-7,10-14H2,1H3,(H,21,25). The zero-order chi connectivity index (χ0) is 19.2. The minimum atomic E-state index is -0.262. The Morgan fingerprint density at radius 3 is 2.74 bits per heavy atom. The van der Waals surface area contributed by atoms with Crippen LogP contribution in [0.4, 0.5) is 0 Å². The second-order valence-corrected chi connectivity index (χ2v) is 6.99. The molecule has 0 unspecified atom stereocenters. The molecule has 1 aliphatic heterocycles. The van der Waals surface area contributed by atoms with Crippen LogP contribution in [0.5, 0.6) is 0 Å². The van der Waals surface area contributed by atoms with E-state index in [2.05, 4.69) is 10.4 Å². The summed E-state index contributed by atoms with van der Waals surface area (Å²) in [4.78, 5) is 38.5. The number of benzene rings is 1. The summed E-state index contributed by atoms with van der Waals surface area (Å²) in [6.07, 6.45) is 4.46. The molecule has 2 amide bonds. The van der Waals surface area contributed by atoms with E-state index in [1.54, 1.807) is 12.1 Å². The molecule has 2 heterocycles. The van der Waals surface area contributed by atoms with Crippen LogP contribution < -0.4 is 10.9 Å². The Labute approximate surface area is 158 Å². The van der Waals surface area contributed by atoms with E-state index in [9.17, 15) is 14.4 Å². The molecule has 0 spiro atoms. The third-order valence-corrected chi connectivity index (χ3v) is 4.94. The minimum absolute atomic E-state index is 0.104. The SMILES string of the molecule is Cc1nn(CC(=O)NCCCN2CCCCCC2=O)c(=O)c2ccccc12. The van der Waals surface area contributed by atoms with Gasteiger partial charge in [0.15, 0.2) is 0 Å². The zero-order valence-corrected chi connectivity index (χ0v) is 15.7. The van der Waals surface area contributed by atoms with Gasteiger partial charge in [-0.15, -0.1) is 0 Å². The molecule has 1 saturated heterocycles. The first kappa shape index (κ1) is 19.1. The van der Waals surface area contributed by atoms with Crippen molar-refractivity contribution in [3.05, 3.63) is 40.3 Å². The fourth-order valence-corrected chi connectivity index (χ4v) is 3.48. The molecule has 7 heteroatoms. The van der Waals surface area contributed by atoms with Crippen molar-refractivity contribution in [2.24, 2.45) is 0 Å². The van der Waals surface area contributed by atoms with E-state index in [0.29, 0.717) is 31.3 Å². The Kier molecular flexibility index (Phi) is 6.21. The van der Waals surface area contributed by atoms with Crippen molar-refractivity contribution in [2.75, 3.05) is 19.6 Å². The number of hydrogen-bond donors (Lipinski definition) is 1. The number of nitrogens with zero attached hydrogens (tertiary/aromatic N) is 3. The number of carbonyl (C=O) groups is 2. The molecule has 0 bridgehead atoms. The predicted octanol–water partition coefficient (Wildman–Crippen LogP) is 1.61. The third kappa shape index (κ3) is 4.72. The number of likely N-dealkylation sites (tertiary alicyclic amines) is 1. The van der Waals surface area contributed by atoms with Gasteiger partial charge in [0.05, 0.1) is 11.1 Å². The summed E-state index contributed by atoms with van der Waals surface area (Å²) in [5, 5.41) is 8.45. The van der Waals surface area contributed by atoms with Crippen molar-refractivity contribution in [1.29, 1.82) is 0 Å². The van der Waals surface area contributed by atoms with Gasteiger partial charge in [0.2, 0.25) is 11.8 Å². The first-order valence-electron chi connectivity index (χ1n) is 9.57. The van der Waals surface area contributed by atoms with Crippen LogP contribution >= 0.6 is 0 Å². The predicted molar refractivity (Wildman–Crippen MR) is 103 cm³/mol. The third-order valence-electron chi connectivity index (χ3n) is 4.94. The van der Waals surface area contributed by atoms with Crippen LogP contribution in [-0.4, -0.2) is 46.1 Å². The number of amides is 2. The largest absolute Gasteiger partial charge is 0.354 e. The van der Waals surface area contributed by atoms with E-state index in [-0.39, 0.29) is 23.9 Å². The van der Waals surface area contributed by atoms with Crippen molar-refractivity contribution >= 4 is 22.6 Å². The number of fused-ring (bicyclic) bond motifs is 1. The lowest BCUT2D eigenvalue weighted by Crippen LogP contribution is -2.36. The fraction of sp³-hybridized carbons (Fsp3) is 0.500. The Balaban J connectivity index is 1.52. The number of aryl methyl sites for hydroxylation is 1. The summed E-state index contributed by atoms with van der Waals surface area (Å²) >= 11 is 0. The first-order valence-corrected chi connectivity index (χ1v) is 9.57. The normalized spacial score (nSPS) is 15.0. The molecule has 27 heavy (non-hydrogen) atoms. The Morgan fingerprint density at radius 2 is 1.93 bits per heavy atom. The van der Waals surface area contributed by atoms with E-state index >= 15 is 0 Å². The monoisotopic (exact) mass is 370 g/mol. The van der Waals surface area contributed by atoms with E-state index in [0.717, 1.165) is 36.9 Å². The molecule has 0 aliphatic carbocycles. The van der Waals surface area contributed by atoms with Crippen molar-refractivity contribution in [3.8, 4) is 0 Å². The second-order valence-electron chi connectivity index (χ2n) is 6.99. The fourth-order valence-electron chi connectivity index (χ4n) is 3.48. The maximum Gasteiger partial charge on any atom is 0.275 e. The number of carbonyl (C=O) groups excluding carboxylic acids is 2. The minimum Gasteiger partial charge on any atom is -0.354 e. The van der Waals surface area contributed by atoms with Gasteiger partial charge < -0.3 is 10.2 Å². The molecule has 1 aromatic heterocycles. The lowest BCUT2D eigenvalue weighted by molar-refractivity contribution is -0.130. The van der Waals surface area contributed by atoms with E-state index in [1.165, 1.54) is 4.68 Å². The lowest BCUT2D eigenvalue weighted by atomic mass is 10.1. The molecule has 1 N–H and O–H groups in total.